The molecule has 1 heterocycles. The topological polar surface area (TPSA) is 80.3 Å². The minimum Gasteiger partial charge on any atom is -0.495 e. The van der Waals surface area contributed by atoms with Crippen molar-refractivity contribution in [2.24, 2.45) is 0 Å². The Labute approximate surface area is 167 Å². The predicted molar refractivity (Wildman–Crippen MR) is 108 cm³/mol. The van der Waals surface area contributed by atoms with E-state index in [4.69, 9.17) is 4.74 Å². The van der Waals surface area contributed by atoms with Crippen LogP contribution in [-0.4, -0.2) is 30.5 Å². The number of aromatic nitrogens is 1. The van der Waals surface area contributed by atoms with Gasteiger partial charge in [0, 0.05) is 6.54 Å². The lowest BCUT2D eigenvalue weighted by Gasteiger charge is -2.10. The Morgan fingerprint density at radius 2 is 1.62 bits per heavy atom. The number of carbonyl (C=O) groups excluding carboxylic acids is 2. The normalized spacial score (nSPS) is 10.3. The molecule has 0 radical (unpaired) electrons. The van der Waals surface area contributed by atoms with Crippen LogP contribution >= 0.6 is 0 Å². The SMILES string of the molecule is COc1ccccc1NC(=O)c1cccc(C(=O)NCCc2ccc(F)cc2)n1. The largest absolute Gasteiger partial charge is 0.495 e. The number of benzene rings is 2. The first kappa shape index (κ1) is 20.0. The highest BCUT2D eigenvalue weighted by Gasteiger charge is 2.14. The Morgan fingerprint density at radius 3 is 2.34 bits per heavy atom. The van der Waals surface area contributed by atoms with Crippen molar-refractivity contribution < 1.29 is 18.7 Å². The van der Waals surface area contributed by atoms with Gasteiger partial charge in [-0.15, -0.1) is 0 Å². The van der Waals surface area contributed by atoms with Crippen LogP contribution in [0.15, 0.2) is 66.7 Å². The van der Waals surface area contributed by atoms with Gasteiger partial charge in [0.05, 0.1) is 12.8 Å². The molecule has 3 aromatic rings. The summed E-state index contributed by atoms with van der Waals surface area (Å²) in [6.45, 7) is 0.365. The number of pyridine rings is 1. The van der Waals surface area contributed by atoms with E-state index in [1.54, 1.807) is 42.5 Å². The molecule has 148 valence electrons. The smallest absolute Gasteiger partial charge is 0.274 e. The fourth-order valence-electron chi connectivity index (χ4n) is 2.68. The molecule has 1 aromatic heterocycles. The summed E-state index contributed by atoms with van der Waals surface area (Å²) in [6, 6.07) is 17.8. The third kappa shape index (κ3) is 5.38. The zero-order chi connectivity index (χ0) is 20.6. The third-order valence-electron chi connectivity index (χ3n) is 4.18. The van der Waals surface area contributed by atoms with Crippen LogP contribution in [0.2, 0.25) is 0 Å². The summed E-state index contributed by atoms with van der Waals surface area (Å²) in [4.78, 5) is 29.0. The Hall–Kier alpha value is -3.74. The van der Waals surface area contributed by atoms with Gasteiger partial charge in [-0.1, -0.05) is 30.3 Å². The van der Waals surface area contributed by atoms with Crippen LogP contribution < -0.4 is 15.4 Å². The van der Waals surface area contributed by atoms with E-state index in [2.05, 4.69) is 15.6 Å². The van der Waals surface area contributed by atoms with Gasteiger partial charge in [-0.3, -0.25) is 9.59 Å². The Balaban J connectivity index is 1.61. The molecule has 0 spiro atoms. The summed E-state index contributed by atoms with van der Waals surface area (Å²) in [7, 11) is 1.51. The van der Waals surface area contributed by atoms with Crippen LogP contribution in [0.3, 0.4) is 0 Å². The molecule has 0 aliphatic carbocycles. The number of methoxy groups -OCH3 is 1. The van der Waals surface area contributed by atoms with Gasteiger partial charge < -0.3 is 15.4 Å². The zero-order valence-corrected chi connectivity index (χ0v) is 15.8. The van der Waals surface area contributed by atoms with Gasteiger partial charge >= 0.3 is 0 Å². The van der Waals surface area contributed by atoms with E-state index in [-0.39, 0.29) is 23.1 Å². The van der Waals surface area contributed by atoms with Crippen LogP contribution in [0.5, 0.6) is 5.75 Å². The number of hydrogen-bond donors (Lipinski definition) is 2. The molecule has 3 rings (SSSR count). The van der Waals surface area contributed by atoms with E-state index in [1.807, 2.05) is 0 Å². The van der Waals surface area contributed by atoms with E-state index in [0.29, 0.717) is 24.4 Å². The van der Waals surface area contributed by atoms with Crippen LogP contribution in [-0.2, 0) is 6.42 Å². The van der Waals surface area contributed by atoms with Gasteiger partial charge in [-0.05, 0) is 48.4 Å². The van der Waals surface area contributed by atoms with E-state index in [0.717, 1.165) is 5.56 Å². The lowest BCUT2D eigenvalue weighted by atomic mass is 10.1. The van der Waals surface area contributed by atoms with Crippen LogP contribution in [0.1, 0.15) is 26.5 Å². The summed E-state index contributed by atoms with van der Waals surface area (Å²) in [6.07, 6.45) is 0.556. The number of rotatable bonds is 7. The van der Waals surface area contributed by atoms with Gasteiger partial charge in [-0.25, -0.2) is 9.37 Å². The highest BCUT2D eigenvalue weighted by molar-refractivity contribution is 6.04. The Morgan fingerprint density at radius 1 is 0.931 bits per heavy atom. The lowest BCUT2D eigenvalue weighted by Crippen LogP contribution is -2.27. The van der Waals surface area contributed by atoms with Crippen LogP contribution in [0, 0.1) is 5.82 Å². The molecule has 0 aliphatic rings. The highest BCUT2D eigenvalue weighted by atomic mass is 19.1. The summed E-state index contributed by atoms with van der Waals surface area (Å²) in [5.74, 6) is -0.616. The van der Waals surface area contributed by atoms with Gasteiger partial charge in [0.1, 0.15) is 23.0 Å². The van der Waals surface area contributed by atoms with E-state index >= 15 is 0 Å². The standard InChI is InChI=1S/C22H20FN3O3/c1-29-20-8-3-2-5-17(20)26-22(28)19-7-4-6-18(25-19)21(27)24-14-13-15-9-11-16(23)12-10-15/h2-12H,13-14H2,1H3,(H,24,27)(H,26,28). The molecule has 7 heteroatoms. The number of carbonyl (C=O) groups is 2. The zero-order valence-electron chi connectivity index (χ0n) is 15.8. The molecule has 29 heavy (non-hydrogen) atoms. The number of anilines is 1. The number of ether oxygens (including phenoxy) is 1. The van der Waals surface area contributed by atoms with E-state index in [9.17, 15) is 14.0 Å². The van der Waals surface area contributed by atoms with Crippen molar-refractivity contribution in [1.82, 2.24) is 10.3 Å². The number of hydrogen-bond acceptors (Lipinski definition) is 4. The van der Waals surface area contributed by atoms with Gasteiger partial charge in [0.2, 0.25) is 0 Å². The lowest BCUT2D eigenvalue weighted by molar-refractivity contribution is 0.0949. The molecular formula is C22H20FN3O3. The first-order chi connectivity index (χ1) is 14.1. The van der Waals surface area contributed by atoms with Crippen molar-refractivity contribution in [2.75, 3.05) is 19.0 Å². The second-order valence-electron chi connectivity index (χ2n) is 6.19. The van der Waals surface area contributed by atoms with Crippen molar-refractivity contribution in [3.05, 3.63) is 89.5 Å². The Kier molecular flexibility index (Phi) is 6.52. The average molecular weight is 393 g/mol. The van der Waals surface area contributed by atoms with Crippen molar-refractivity contribution in [1.29, 1.82) is 0 Å². The second kappa shape index (κ2) is 9.45. The van der Waals surface area contributed by atoms with E-state index in [1.165, 1.54) is 31.4 Å². The van der Waals surface area contributed by atoms with E-state index < -0.39 is 5.91 Å². The minimum atomic E-state index is -0.449. The molecule has 6 nitrogen and oxygen atoms in total. The first-order valence-electron chi connectivity index (χ1n) is 9.01. The van der Waals surface area contributed by atoms with Crippen molar-refractivity contribution in [2.45, 2.75) is 6.42 Å². The number of halogens is 1. The summed E-state index contributed by atoms with van der Waals surface area (Å²) in [5.41, 5.74) is 1.67. The number of amides is 2. The first-order valence-corrected chi connectivity index (χ1v) is 9.01. The molecule has 0 saturated carbocycles. The molecule has 2 amide bonds. The van der Waals surface area contributed by atoms with Crippen molar-refractivity contribution in [3.8, 4) is 5.75 Å². The molecule has 0 atom stereocenters. The van der Waals surface area contributed by atoms with Crippen molar-refractivity contribution in [3.63, 3.8) is 0 Å². The maximum absolute atomic E-state index is 12.9. The second-order valence-corrected chi connectivity index (χ2v) is 6.19. The van der Waals surface area contributed by atoms with Crippen molar-refractivity contribution >= 4 is 17.5 Å². The minimum absolute atomic E-state index is 0.113. The highest BCUT2D eigenvalue weighted by Crippen LogP contribution is 2.23. The molecule has 0 bridgehead atoms. The number of nitrogens with zero attached hydrogens (tertiary/aromatic N) is 1. The Bertz CT molecular complexity index is 1010. The summed E-state index contributed by atoms with van der Waals surface area (Å²) >= 11 is 0. The molecule has 0 unspecified atom stereocenters. The molecule has 2 N–H and O–H groups in total. The van der Waals surface area contributed by atoms with Crippen LogP contribution in [0.25, 0.3) is 0 Å². The number of para-hydroxylation sites is 2. The van der Waals surface area contributed by atoms with Gasteiger partial charge in [0.25, 0.3) is 11.8 Å². The molecule has 0 fully saturated rings. The maximum atomic E-state index is 12.9. The number of nitrogens with one attached hydrogen (secondary N) is 2. The van der Waals surface area contributed by atoms with Crippen LogP contribution in [0.4, 0.5) is 10.1 Å². The monoisotopic (exact) mass is 393 g/mol. The van der Waals surface area contributed by atoms with Gasteiger partial charge in [0.15, 0.2) is 0 Å². The molecule has 0 aliphatic heterocycles. The fraction of sp³-hybridized carbons (Fsp3) is 0.136. The maximum Gasteiger partial charge on any atom is 0.274 e. The van der Waals surface area contributed by atoms with Gasteiger partial charge in [-0.2, -0.15) is 0 Å². The third-order valence-corrected chi connectivity index (χ3v) is 4.18. The summed E-state index contributed by atoms with van der Waals surface area (Å²) < 4.78 is 18.1. The molecular weight excluding hydrogens is 373 g/mol. The predicted octanol–water partition coefficient (Wildman–Crippen LogP) is 3.45. The molecule has 0 saturated heterocycles. The fourth-order valence-corrected chi connectivity index (χ4v) is 2.68. The quantitative estimate of drug-likeness (QED) is 0.644. The average Bonchev–Trinajstić information content (AvgIpc) is 2.75. The summed E-state index contributed by atoms with van der Waals surface area (Å²) in [5, 5.41) is 5.47. The molecule has 2 aromatic carbocycles.